The molecule has 3 fully saturated rings. The van der Waals surface area contributed by atoms with Crippen molar-refractivity contribution in [1.29, 1.82) is 0 Å². The normalized spacial score (nSPS) is 29.9. The lowest BCUT2D eigenvalue weighted by Crippen LogP contribution is -2.49. The maximum atomic E-state index is 12.4. The number of carbonyl (C=O) groups excluding carboxylic acids is 2. The first-order chi connectivity index (χ1) is 11.7. The third kappa shape index (κ3) is 4.95. The number of nitrogens with zero attached hydrogens (tertiary/aromatic N) is 1. The van der Waals surface area contributed by atoms with Gasteiger partial charge in [-0.3, -0.25) is 14.5 Å². The second kappa shape index (κ2) is 8.84. The van der Waals surface area contributed by atoms with Gasteiger partial charge >= 0.3 is 0 Å². The van der Waals surface area contributed by atoms with Gasteiger partial charge in [0.05, 0.1) is 6.54 Å². The van der Waals surface area contributed by atoms with Gasteiger partial charge in [0.2, 0.25) is 11.8 Å². The zero-order valence-electron chi connectivity index (χ0n) is 14.9. The van der Waals surface area contributed by atoms with Crippen molar-refractivity contribution < 1.29 is 9.59 Å². The lowest BCUT2D eigenvalue weighted by atomic mass is 9.84. The Morgan fingerprint density at radius 2 is 1.83 bits per heavy atom. The van der Waals surface area contributed by atoms with E-state index in [9.17, 15) is 9.59 Å². The summed E-state index contributed by atoms with van der Waals surface area (Å²) in [5.74, 6) is 0.869. The van der Waals surface area contributed by atoms with Crippen LogP contribution in [0, 0.1) is 5.92 Å². The molecule has 1 aliphatic carbocycles. The van der Waals surface area contributed by atoms with Gasteiger partial charge in [-0.2, -0.15) is 0 Å². The molecule has 2 amide bonds. The molecule has 136 valence electrons. The van der Waals surface area contributed by atoms with Crippen molar-refractivity contribution in [1.82, 2.24) is 15.5 Å². The van der Waals surface area contributed by atoms with E-state index in [1.807, 2.05) is 0 Å². The fourth-order valence-corrected chi connectivity index (χ4v) is 4.68. The lowest BCUT2D eigenvalue weighted by Gasteiger charge is -2.30. The molecule has 1 saturated carbocycles. The Bertz CT molecular complexity index is 434. The van der Waals surface area contributed by atoms with E-state index in [4.69, 9.17) is 0 Å². The summed E-state index contributed by atoms with van der Waals surface area (Å²) in [5, 5.41) is 5.86. The number of hydrogen-bond donors (Lipinski definition) is 2. The minimum atomic E-state index is -0.334. The van der Waals surface area contributed by atoms with Crippen LogP contribution in [0.2, 0.25) is 0 Å². The summed E-state index contributed by atoms with van der Waals surface area (Å²) in [6.45, 7) is 2.23. The van der Waals surface area contributed by atoms with Crippen LogP contribution in [0.25, 0.3) is 0 Å². The summed E-state index contributed by atoms with van der Waals surface area (Å²) in [6.07, 6.45) is 13.4. The number of hydrogen-bond acceptors (Lipinski definition) is 3. The summed E-state index contributed by atoms with van der Waals surface area (Å²) < 4.78 is 0. The average Bonchev–Trinajstić information content (AvgIpc) is 2.90. The number of amides is 2. The molecular weight excluding hydrogens is 302 g/mol. The van der Waals surface area contributed by atoms with Crippen molar-refractivity contribution in [3.05, 3.63) is 0 Å². The van der Waals surface area contributed by atoms with E-state index in [2.05, 4.69) is 15.5 Å². The molecule has 2 heterocycles. The third-order valence-electron chi connectivity index (χ3n) is 6.05. The van der Waals surface area contributed by atoms with Crippen LogP contribution in [0.4, 0.5) is 0 Å². The molecule has 5 nitrogen and oxygen atoms in total. The number of likely N-dealkylation sites (tertiary alicyclic amines) is 1. The standard InChI is InChI=1S/C19H33N3O2/c23-18(21-17-10-4-5-11-20-19(17)24)14-22-12-6-9-16(22)13-15-7-2-1-3-8-15/h15-17H,1-14H2,(H,20,24)(H,21,23)/t16-,17-/m1/s1. The summed E-state index contributed by atoms with van der Waals surface area (Å²) in [4.78, 5) is 26.8. The van der Waals surface area contributed by atoms with E-state index in [1.165, 1.54) is 51.4 Å². The average molecular weight is 335 g/mol. The molecule has 5 heteroatoms. The maximum Gasteiger partial charge on any atom is 0.242 e. The molecule has 0 unspecified atom stereocenters. The quantitative estimate of drug-likeness (QED) is 0.810. The zero-order chi connectivity index (χ0) is 16.8. The molecule has 0 aromatic rings. The highest BCUT2D eigenvalue weighted by atomic mass is 16.2. The molecule has 2 saturated heterocycles. The Balaban J connectivity index is 1.46. The van der Waals surface area contributed by atoms with Gasteiger partial charge in [0.15, 0.2) is 0 Å². The monoisotopic (exact) mass is 335 g/mol. The molecule has 3 aliphatic rings. The molecule has 2 atom stereocenters. The van der Waals surface area contributed by atoms with Crippen LogP contribution in [0.15, 0.2) is 0 Å². The van der Waals surface area contributed by atoms with Crippen molar-refractivity contribution >= 4 is 11.8 Å². The number of carbonyl (C=O) groups is 2. The van der Waals surface area contributed by atoms with Gasteiger partial charge in [0.1, 0.15) is 6.04 Å². The van der Waals surface area contributed by atoms with Gasteiger partial charge < -0.3 is 10.6 Å². The van der Waals surface area contributed by atoms with E-state index in [0.29, 0.717) is 12.6 Å². The Morgan fingerprint density at radius 3 is 2.67 bits per heavy atom. The zero-order valence-corrected chi connectivity index (χ0v) is 14.9. The van der Waals surface area contributed by atoms with Gasteiger partial charge in [0.25, 0.3) is 0 Å². The van der Waals surface area contributed by atoms with Gasteiger partial charge in [-0.15, -0.1) is 0 Å². The van der Waals surface area contributed by atoms with E-state index in [-0.39, 0.29) is 17.9 Å². The highest BCUT2D eigenvalue weighted by Crippen LogP contribution is 2.31. The topological polar surface area (TPSA) is 61.4 Å². The summed E-state index contributed by atoms with van der Waals surface area (Å²) in [5.41, 5.74) is 0. The molecule has 2 aliphatic heterocycles. The Labute approximate surface area is 145 Å². The first kappa shape index (κ1) is 17.7. The van der Waals surface area contributed by atoms with Crippen LogP contribution in [0.5, 0.6) is 0 Å². The SMILES string of the molecule is O=C(CN1CCC[C@@H]1CC1CCCCC1)N[C@@H]1CCCCNC1=O. The van der Waals surface area contributed by atoms with Crippen molar-refractivity contribution in [3.8, 4) is 0 Å². The van der Waals surface area contributed by atoms with E-state index in [0.717, 1.165) is 38.3 Å². The molecule has 0 bridgehead atoms. The molecule has 2 N–H and O–H groups in total. The minimum Gasteiger partial charge on any atom is -0.354 e. The van der Waals surface area contributed by atoms with Crippen LogP contribution in [0.1, 0.15) is 70.6 Å². The Kier molecular flexibility index (Phi) is 6.52. The Hall–Kier alpha value is -1.10. The van der Waals surface area contributed by atoms with E-state index in [1.54, 1.807) is 0 Å². The summed E-state index contributed by atoms with van der Waals surface area (Å²) in [7, 11) is 0. The minimum absolute atomic E-state index is 0.0129. The number of nitrogens with one attached hydrogen (secondary N) is 2. The van der Waals surface area contributed by atoms with Crippen molar-refractivity contribution in [2.75, 3.05) is 19.6 Å². The first-order valence-electron chi connectivity index (χ1n) is 10.0. The van der Waals surface area contributed by atoms with Gasteiger partial charge in [-0.1, -0.05) is 32.1 Å². The summed E-state index contributed by atoms with van der Waals surface area (Å²) in [6, 6.07) is 0.237. The predicted octanol–water partition coefficient (Wildman–Crippen LogP) is 2.21. The fraction of sp³-hybridized carbons (Fsp3) is 0.895. The molecule has 0 aromatic carbocycles. The lowest BCUT2D eigenvalue weighted by molar-refractivity contribution is -0.129. The molecular formula is C19H33N3O2. The van der Waals surface area contributed by atoms with Crippen LogP contribution in [-0.2, 0) is 9.59 Å². The van der Waals surface area contributed by atoms with Crippen LogP contribution in [-0.4, -0.2) is 48.4 Å². The molecule has 3 rings (SSSR count). The first-order valence-corrected chi connectivity index (χ1v) is 10.0. The molecule has 0 radical (unpaired) electrons. The second-order valence-electron chi connectivity index (χ2n) is 7.91. The molecule has 24 heavy (non-hydrogen) atoms. The van der Waals surface area contributed by atoms with Gasteiger partial charge in [0, 0.05) is 12.6 Å². The van der Waals surface area contributed by atoms with Crippen LogP contribution < -0.4 is 10.6 Å². The highest BCUT2D eigenvalue weighted by molar-refractivity contribution is 5.88. The Morgan fingerprint density at radius 1 is 1.04 bits per heavy atom. The fourth-order valence-electron chi connectivity index (χ4n) is 4.68. The van der Waals surface area contributed by atoms with Gasteiger partial charge in [-0.25, -0.2) is 0 Å². The predicted molar refractivity (Wildman–Crippen MR) is 94.6 cm³/mol. The summed E-state index contributed by atoms with van der Waals surface area (Å²) >= 11 is 0. The van der Waals surface area contributed by atoms with E-state index < -0.39 is 0 Å². The van der Waals surface area contributed by atoms with Crippen LogP contribution in [0.3, 0.4) is 0 Å². The largest absolute Gasteiger partial charge is 0.354 e. The van der Waals surface area contributed by atoms with E-state index >= 15 is 0 Å². The van der Waals surface area contributed by atoms with Crippen LogP contribution >= 0.6 is 0 Å². The third-order valence-corrected chi connectivity index (χ3v) is 6.05. The van der Waals surface area contributed by atoms with Crippen molar-refractivity contribution in [2.45, 2.75) is 82.7 Å². The maximum absolute atomic E-state index is 12.4. The van der Waals surface area contributed by atoms with Crippen molar-refractivity contribution in [2.24, 2.45) is 5.92 Å². The van der Waals surface area contributed by atoms with Gasteiger partial charge in [-0.05, 0) is 51.0 Å². The second-order valence-corrected chi connectivity index (χ2v) is 7.91. The highest BCUT2D eigenvalue weighted by Gasteiger charge is 2.30. The smallest absolute Gasteiger partial charge is 0.242 e. The molecule has 0 aromatic heterocycles. The van der Waals surface area contributed by atoms with Crippen molar-refractivity contribution in [3.63, 3.8) is 0 Å². The number of rotatable bonds is 5. The molecule has 0 spiro atoms.